The van der Waals surface area contributed by atoms with Gasteiger partial charge in [-0.2, -0.15) is 0 Å². The van der Waals surface area contributed by atoms with E-state index in [0.717, 1.165) is 12.8 Å². The number of benzene rings is 1. The predicted molar refractivity (Wildman–Crippen MR) is 96.8 cm³/mol. The summed E-state index contributed by atoms with van der Waals surface area (Å²) in [5.74, 6) is -0.850. The standard InChI is InChI=1S/C13H16N2O2.2C3H6/c1-2-3-9-11-12(16)14-15(13(11)17)10-7-5-4-6-8-10;2*1-3-2/h4-8,11H,2-3,9H2,1H3,(H,14,16);2*3H,1H2,2H3. The highest BCUT2D eigenvalue weighted by molar-refractivity contribution is 6.14. The minimum atomic E-state index is -0.518. The molecule has 0 aromatic heterocycles. The second kappa shape index (κ2) is 12.2. The quantitative estimate of drug-likeness (QED) is 0.666. The summed E-state index contributed by atoms with van der Waals surface area (Å²) in [6, 6.07) is 9.17. The molecule has 1 aromatic carbocycles. The van der Waals surface area contributed by atoms with E-state index < -0.39 is 5.92 Å². The first-order valence-electron chi connectivity index (χ1n) is 7.90. The van der Waals surface area contributed by atoms with Crippen LogP contribution in [0.1, 0.15) is 40.0 Å². The third-order valence-electron chi connectivity index (χ3n) is 2.92. The molecule has 1 aliphatic rings. The van der Waals surface area contributed by atoms with Crippen LogP contribution >= 0.6 is 0 Å². The van der Waals surface area contributed by atoms with Gasteiger partial charge in [0, 0.05) is 0 Å². The van der Waals surface area contributed by atoms with Gasteiger partial charge < -0.3 is 0 Å². The summed E-state index contributed by atoms with van der Waals surface area (Å²) in [5.41, 5.74) is 3.34. The summed E-state index contributed by atoms with van der Waals surface area (Å²) in [6.07, 6.45) is 6.01. The van der Waals surface area contributed by atoms with E-state index in [1.54, 1.807) is 24.3 Å². The van der Waals surface area contributed by atoms with Crippen LogP contribution in [0, 0.1) is 5.92 Å². The summed E-state index contributed by atoms with van der Waals surface area (Å²) in [7, 11) is 0. The Labute approximate surface area is 139 Å². The molecule has 2 rings (SSSR count). The lowest BCUT2D eigenvalue weighted by molar-refractivity contribution is -0.127. The van der Waals surface area contributed by atoms with Crippen LogP contribution in [0.25, 0.3) is 0 Å². The molecule has 1 aliphatic heterocycles. The van der Waals surface area contributed by atoms with Crippen molar-refractivity contribution in [3.05, 3.63) is 55.6 Å². The highest BCUT2D eigenvalue weighted by Crippen LogP contribution is 2.22. The minimum Gasteiger partial charge on any atom is -0.272 e. The highest BCUT2D eigenvalue weighted by Gasteiger charge is 2.39. The van der Waals surface area contributed by atoms with E-state index >= 15 is 0 Å². The molecule has 1 atom stereocenters. The van der Waals surface area contributed by atoms with Crippen LogP contribution in [0.4, 0.5) is 5.69 Å². The van der Waals surface area contributed by atoms with Gasteiger partial charge >= 0.3 is 0 Å². The Kier molecular flexibility index (Phi) is 11.0. The number of hydrogen-bond donors (Lipinski definition) is 1. The number of allylic oxidation sites excluding steroid dienone is 2. The summed E-state index contributed by atoms with van der Waals surface area (Å²) in [4.78, 5) is 23.8. The summed E-state index contributed by atoms with van der Waals surface area (Å²) < 4.78 is 0. The molecular formula is C19H28N2O2. The number of nitrogens with one attached hydrogen (secondary N) is 1. The molecule has 0 spiro atoms. The number of amides is 2. The SMILES string of the molecule is C=CC.C=CC.CCCCC1C(=O)NN(c2ccccc2)C1=O. The van der Waals surface area contributed by atoms with Crippen LogP contribution in [0.5, 0.6) is 0 Å². The maximum absolute atomic E-state index is 12.1. The van der Waals surface area contributed by atoms with Crippen LogP contribution in [0.2, 0.25) is 0 Å². The Bertz CT molecular complexity index is 491. The predicted octanol–water partition coefficient (Wildman–Crippen LogP) is 4.26. The third-order valence-corrected chi connectivity index (χ3v) is 2.92. The Hall–Kier alpha value is -2.36. The van der Waals surface area contributed by atoms with Gasteiger partial charge in [-0.05, 0) is 32.4 Å². The fraction of sp³-hybridized carbons (Fsp3) is 0.368. The van der Waals surface area contributed by atoms with Gasteiger partial charge in [-0.1, -0.05) is 50.1 Å². The van der Waals surface area contributed by atoms with Crippen LogP contribution < -0.4 is 10.4 Å². The van der Waals surface area contributed by atoms with Gasteiger partial charge in [-0.3, -0.25) is 15.0 Å². The molecule has 0 saturated carbocycles. The van der Waals surface area contributed by atoms with Crippen molar-refractivity contribution in [1.82, 2.24) is 5.43 Å². The monoisotopic (exact) mass is 316 g/mol. The van der Waals surface area contributed by atoms with Crippen molar-refractivity contribution in [3.63, 3.8) is 0 Å². The number of anilines is 1. The van der Waals surface area contributed by atoms with Crippen LogP contribution in [-0.4, -0.2) is 11.8 Å². The molecule has 1 unspecified atom stereocenters. The lowest BCUT2D eigenvalue weighted by Gasteiger charge is -2.14. The largest absolute Gasteiger partial charge is 0.272 e. The van der Waals surface area contributed by atoms with Crippen molar-refractivity contribution >= 4 is 17.5 Å². The Balaban J connectivity index is 0.000000704. The van der Waals surface area contributed by atoms with Crippen molar-refractivity contribution in [1.29, 1.82) is 0 Å². The summed E-state index contributed by atoms with van der Waals surface area (Å²) in [6.45, 7) is 12.5. The topological polar surface area (TPSA) is 49.4 Å². The van der Waals surface area contributed by atoms with Crippen molar-refractivity contribution in [2.45, 2.75) is 40.0 Å². The van der Waals surface area contributed by atoms with Gasteiger partial charge in [0.2, 0.25) is 0 Å². The second-order valence-corrected chi connectivity index (χ2v) is 5.00. The number of hydrogen-bond acceptors (Lipinski definition) is 2. The molecule has 126 valence electrons. The molecule has 23 heavy (non-hydrogen) atoms. The van der Waals surface area contributed by atoms with E-state index in [-0.39, 0.29) is 11.8 Å². The zero-order chi connectivity index (χ0) is 17.7. The van der Waals surface area contributed by atoms with Crippen molar-refractivity contribution in [2.24, 2.45) is 5.92 Å². The van der Waals surface area contributed by atoms with Crippen molar-refractivity contribution < 1.29 is 9.59 Å². The molecule has 1 fully saturated rings. The van der Waals surface area contributed by atoms with Crippen LogP contribution in [0.15, 0.2) is 55.6 Å². The molecule has 0 radical (unpaired) electrons. The van der Waals surface area contributed by atoms with E-state index in [0.29, 0.717) is 12.1 Å². The minimum absolute atomic E-state index is 0.144. The normalized spacial score (nSPS) is 15.6. The van der Waals surface area contributed by atoms with E-state index in [1.165, 1.54) is 5.01 Å². The van der Waals surface area contributed by atoms with Crippen molar-refractivity contribution in [2.75, 3.05) is 5.01 Å². The molecule has 0 bridgehead atoms. The zero-order valence-corrected chi connectivity index (χ0v) is 14.4. The number of para-hydroxylation sites is 1. The number of rotatable bonds is 4. The van der Waals surface area contributed by atoms with Crippen LogP contribution in [-0.2, 0) is 9.59 Å². The Morgan fingerprint density at radius 3 is 2.13 bits per heavy atom. The molecule has 1 N–H and O–H groups in total. The number of carbonyl (C=O) groups excluding carboxylic acids is 2. The lowest BCUT2D eigenvalue weighted by atomic mass is 10.0. The summed E-state index contributed by atoms with van der Waals surface area (Å²) >= 11 is 0. The maximum Gasteiger partial charge on any atom is 0.258 e. The van der Waals surface area contributed by atoms with Crippen LogP contribution in [0.3, 0.4) is 0 Å². The van der Waals surface area contributed by atoms with Gasteiger partial charge in [0.25, 0.3) is 11.8 Å². The van der Waals surface area contributed by atoms with Gasteiger partial charge in [0.05, 0.1) is 5.69 Å². The smallest absolute Gasteiger partial charge is 0.258 e. The summed E-state index contributed by atoms with van der Waals surface area (Å²) in [5, 5.41) is 1.35. The Morgan fingerprint density at radius 1 is 1.13 bits per heavy atom. The lowest BCUT2D eigenvalue weighted by Crippen LogP contribution is -2.35. The molecule has 2 amide bonds. The number of nitrogens with zero attached hydrogens (tertiary/aromatic N) is 1. The number of carbonyl (C=O) groups is 2. The second-order valence-electron chi connectivity index (χ2n) is 5.00. The fourth-order valence-electron chi connectivity index (χ4n) is 1.94. The fourth-order valence-corrected chi connectivity index (χ4v) is 1.94. The van der Waals surface area contributed by atoms with Gasteiger partial charge in [-0.25, -0.2) is 5.01 Å². The molecule has 1 aromatic rings. The van der Waals surface area contributed by atoms with Gasteiger partial charge in [0.1, 0.15) is 5.92 Å². The number of unbranched alkanes of at least 4 members (excludes halogenated alkanes) is 1. The van der Waals surface area contributed by atoms with E-state index in [4.69, 9.17) is 0 Å². The third kappa shape index (κ3) is 6.96. The average Bonchev–Trinajstić information content (AvgIpc) is 2.82. The first-order chi connectivity index (χ1) is 11.1. The van der Waals surface area contributed by atoms with E-state index in [2.05, 4.69) is 18.6 Å². The molecule has 0 aliphatic carbocycles. The molecule has 4 nitrogen and oxygen atoms in total. The molecule has 4 heteroatoms. The first-order valence-corrected chi connectivity index (χ1v) is 7.90. The van der Waals surface area contributed by atoms with Gasteiger partial charge in [0.15, 0.2) is 0 Å². The zero-order valence-electron chi connectivity index (χ0n) is 14.4. The highest BCUT2D eigenvalue weighted by atomic mass is 16.2. The molecule has 1 heterocycles. The van der Waals surface area contributed by atoms with Crippen molar-refractivity contribution in [3.8, 4) is 0 Å². The number of hydrazine groups is 1. The van der Waals surface area contributed by atoms with Gasteiger partial charge in [-0.15, -0.1) is 13.2 Å². The Morgan fingerprint density at radius 2 is 1.65 bits per heavy atom. The average molecular weight is 316 g/mol. The molecule has 1 saturated heterocycles. The van der Waals surface area contributed by atoms with E-state index in [1.807, 2.05) is 39.0 Å². The first kappa shape index (κ1) is 20.6. The maximum atomic E-state index is 12.1. The molecular weight excluding hydrogens is 288 g/mol. The van der Waals surface area contributed by atoms with E-state index in [9.17, 15) is 9.59 Å².